The second kappa shape index (κ2) is 9.32. The molecule has 0 bridgehead atoms. The molecule has 28 heavy (non-hydrogen) atoms. The van der Waals surface area contributed by atoms with Crippen LogP contribution in [0.15, 0.2) is 36.9 Å². The number of piperidine rings is 1. The Hall–Kier alpha value is -2.21. The van der Waals surface area contributed by atoms with Crippen LogP contribution < -0.4 is 0 Å². The van der Waals surface area contributed by atoms with Gasteiger partial charge in [-0.15, -0.1) is 0 Å². The summed E-state index contributed by atoms with van der Waals surface area (Å²) in [4.78, 5) is 22.3. The topological polar surface area (TPSA) is 54.3 Å². The van der Waals surface area contributed by atoms with Crippen molar-refractivity contribution in [1.29, 1.82) is 0 Å². The highest BCUT2D eigenvalue weighted by Gasteiger charge is 2.30. The van der Waals surface area contributed by atoms with E-state index in [0.717, 1.165) is 37.1 Å². The van der Waals surface area contributed by atoms with Crippen molar-refractivity contribution in [1.82, 2.24) is 24.6 Å². The molecule has 1 aromatic heterocycles. The van der Waals surface area contributed by atoms with Gasteiger partial charge >= 0.3 is 0 Å². The Kier molecular flexibility index (Phi) is 6.37. The lowest BCUT2D eigenvalue weighted by molar-refractivity contribution is 0.0546. The van der Waals surface area contributed by atoms with E-state index in [1.54, 1.807) is 11.0 Å². The molecular weight excluding hydrogens is 350 g/mol. The summed E-state index contributed by atoms with van der Waals surface area (Å²) in [6.45, 7) is 4.83. The van der Waals surface area contributed by atoms with Gasteiger partial charge in [-0.25, -0.2) is 9.67 Å². The number of hydrogen-bond acceptors (Lipinski definition) is 4. The summed E-state index contributed by atoms with van der Waals surface area (Å²) >= 11 is 0. The molecule has 0 spiro atoms. The molecule has 2 saturated heterocycles. The van der Waals surface area contributed by atoms with Crippen LogP contribution in [0.4, 0.5) is 0 Å². The van der Waals surface area contributed by atoms with E-state index in [1.807, 2.05) is 24.3 Å². The minimum Gasteiger partial charge on any atom is -0.334 e. The summed E-state index contributed by atoms with van der Waals surface area (Å²) in [6.07, 6.45) is 12.0. The summed E-state index contributed by atoms with van der Waals surface area (Å²) < 4.78 is 1.77. The Bertz CT molecular complexity index is 752. The van der Waals surface area contributed by atoms with Gasteiger partial charge in [0, 0.05) is 24.7 Å². The van der Waals surface area contributed by atoms with Crippen molar-refractivity contribution < 1.29 is 4.79 Å². The number of benzene rings is 1. The summed E-state index contributed by atoms with van der Waals surface area (Å²) in [5.41, 5.74) is 1.82. The Morgan fingerprint density at radius 2 is 1.79 bits per heavy atom. The lowest BCUT2D eigenvalue weighted by Crippen LogP contribution is -2.49. The van der Waals surface area contributed by atoms with Crippen molar-refractivity contribution in [2.75, 3.05) is 26.2 Å². The average molecular weight is 382 g/mol. The fourth-order valence-corrected chi connectivity index (χ4v) is 4.58. The van der Waals surface area contributed by atoms with E-state index >= 15 is 0 Å². The highest BCUT2D eigenvalue weighted by Crippen LogP contribution is 2.23. The highest BCUT2D eigenvalue weighted by molar-refractivity contribution is 5.96. The van der Waals surface area contributed by atoms with Crippen molar-refractivity contribution in [3.8, 4) is 0 Å². The number of carbonyl (C=O) groups excluding carboxylic acids is 1. The van der Waals surface area contributed by atoms with Gasteiger partial charge < -0.3 is 9.80 Å². The number of nitrogens with zero attached hydrogens (tertiary/aromatic N) is 5. The van der Waals surface area contributed by atoms with Crippen LogP contribution >= 0.6 is 0 Å². The zero-order valence-electron chi connectivity index (χ0n) is 16.7. The molecule has 6 nitrogen and oxygen atoms in total. The summed E-state index contributed by atoms with van der Waals surface area (Å²) in [6, 6.07) is 8.29. The molecule has 0 saturated carbocycles. The first-order valence-corrected chi connectivity index (χ1v) is 10.7. The number of hydrogen-bond donors (Lipinski definition) is 0. The van der Waals surface area contributed by atoms with Gasteiger partial charge in [-0.05, 0) is 56.8 Å². The van der Waals surface area contributed by atoms with Crippen LogP contribution in [0.5, 0.6) is 0 Å². The van der Waals surface area contributed by atoms with E-state index in [4.69, 9.17) is 0 Å². The number of carbonyl (C=O) groups is 1. The molecule has 0 radical (unpaired) electrons. The summed E-state index contributed by atoms with van der Waals surface area (Å²) in [7, 11) is 0. The second-order valence-corrected chi connectivity index (χ2v) is 8.11. The highest BCUT2D eigenvalue weighted by atomic mass is 16.2. The number of likely N-dealkylation sites (tertiary alicyclic amines) is 2. The van der Waals surface area contributed by atoms with Gasteiger partial charge in [-0.2, -0.15) is 5.10 Å². The predicted octanol–water partition coefficient (Wildman–Crippen LogP) is 3.20. The molecule has 150 valence electrons. The molecule has 3 heterocycles. The van der Waals surface area contributed by atoms with Gasteiger partial charge in [-0.1, -0.05) is 31.0 Å². The largest absolute Gasteiger partial charge is 0.334 e. The third-order valence-corrected chi connectivity index (χ3v) is 6.10. The fourth-order valence-electron chi connectivity index (χ4n) is 4.58. The number of amides is 1. The van der Waals surface area contributed by atoms with E-state index in [9.17, 15) is 4.79 Å². The third-order valence-electron chi connectivity index (χ3n) is 6.10. The fraction of sp³-hybridized carbons (Fsp3) is 0.591. The zero-order chi connectivity index (χ0) is 19.2. The molecule has 1 aromatic carbocycles. The van der Waals surface area contributed by atoms with Crippen LogP contribution in [-0.2, 0) is 6.54 Å². The first kappa shape index (κ1) is 19.1. The van der Waals surface area contributed by atoms with Crippen LogP contribution in [0.25, 0.3) is 0 Å². The van der Waals surface area contributed by atoms with Gasteiger partial charge in [0.05, 0.1) is 6.54 Å². The molecule has 2 fully saturated rings. The van der Waals surface area contributed by atoms with Gasteiger partial charge in [0.15, 0.2) is 0 Å². The Labute approximate surface area is 167 Å². The molecule has 0 unspecified atom stereocenters. The van der Waals surface area contributed by atoms with E-state index in [-0.39, 0.29) is 5.91 Å². The normalized spacial score (nSPS) is 21.4. The molecule has 1 atom stereocenters. The molecule has 0 aliphatic carbocycles. The maximum absolute atomic E-state index is 13.5. The van der Waals surface area contributed by atoms with Crippen LogP contribution in [-0.4, -0.2) is 62.7 Å². The standard InChI is InChI=1S/C22H31N5O/c28-22(21-11-4-3-9-19(21)15-26-18-23-17-24-26)27-14-8-5-10-20(27)16-25-12-6-1-2-7-13-25/h3-4,9,11,17-18,20H,1-2,5-8,10,12-16H2/t20-/m0/s1. The minimum atomic E-state index is 0.176. The first-order valence-electron chi connectivity index (χ1n) is 10.7. The summed E-state index contributed by atoms with van der Waals surface area (Å²) in [5, 5.41) is 4.20. The van der Waals surface area contributed by atoms with Crippen LogP contribution in [0, 0.1) is 0 Å². The molecule has 2 aromatic rings. The Morgan fingerprint density at radius 3 is 2.57 bits per heavy atom. The van der Waals surface area contributed by atoms with Crippen molar-refractivity contribution in [2.24, 2.45) is 0 Å². The molecule has 2 aliphatic heterocycles. The van der Waals surface area contributed by atoms with E-state index in [2.05, 4.69) is 19.9 Å². The van der Waals surface area contributed by atoms with E-state index in [0.29, 0.717) is 12.6 Å². The first-order chi connectivity index (χ1) is 13.8. The van der Waals surface area contributed by atoms with E-state index in [1.165, 1.54) is 51.5 Å². The molecule has 0 N–H and O–H groups in total. The van der Waals surface area contributed by atoms with Crippen molar-refractivity contribution >= 4 is 5.91 Å². The van der Waals surface area contributed by atoms with Crippen LogP contribution in [0.2, 0.25) is 0 Å². The lowest BCUT2D eigenvalue weighted by atomic mass is 9.98. The second-order valence-electron chi connectivity index (χ2n) is 8.11. The number of aromatic nitrogens is 3. The molecule has 1 amide bonds. The smallest absolute Gasteiger partial charge is 0.254 e. The van der Waals surface area contributed by atoms with Crippen LogP contribution in [0.3, 0.4) is 0 Å². The average Bonchev–Trinajstić information content (AvgIpc) is 3.10. The zero-order valence-corrected chi connectivity index (χ0v) is 16.7. The monoisotopic (exact) mass is 381 g/mol. The van der Waals surface area contributed by atoms with Crippen molar-refractivity contribution in [3.63, 3.8) is 0 Å². The molecule has 2 aliphatic rings. The SMILES string of the molecule is O=C(c1ccccc1Cn1cncn1)N1CCCC[C@H]1CN1CCCCCC1. The van der Waals surface area contributed by atoms with Gasteiger partial charge in [0.25, 0.3) is 5.91 Å². The Morgan fingerprint density at radius 1 is 1.00 bits per heavy atom. The quantitative estimate of drug-likeness (QED) is 0.798. The minimum absolute atomic E-state index is 0.176. The predicted molar refractivity (Wildman–Crippen MR) is 109 cm³/mol. The van der Waals surface area contributed by atoms with Gasteiger partial charge in [0.2, 0.25) is 0 Å². The Balaban J connectivity index is 1.50. The number of rotatable bonds is 5. The molecular formula is C22H31N5O. The van der Waals surface area contributed by atoms with Crippen molar-refractivity contribution in [3.05, 3.63) is 48.0 Å². The van der Waals surface area contributed by atoms with E-state index < -0.39 is 0 Å². The lowest BCUT2D eigenvalue weighted by Gasteiger charge is -2.39. The van der Waals surface area contributed by atoms with Crippen LogP contribution in [0.1, 0.15) is 60.9 Å². The third kappa shape index (κ3) is 4.61. The van der Waals surface area contributed by atoms with Crippen molar-refractivity contribution in [2.45, 2.75) is 57.5 Å². The maximum Gasteiger partial charge on any atom is 0.254 e. The van der Waals surface area contributed by atoms with Gasteiger partial charge in [0.1, 0.15) is 12.7 Å². The van der Waals surface area contributed by atoms with Gasteiger partial charge in [-0.3, -0.25) is 4.79 Å². The molecule has 6 heteroatoms. The summed E-state index contributed by atoms with van der Waals surface area (Å²) in [5.74, 6) is 0.176. The molecule has 4 rings (SSSR count). The maximum atomic E-state index is 13.5.